The van der Waals surface area contributed by atoms with Crippen LogP contribution in [0, 0.1) is 0 Å². The van der Waals surface area contributed by atoms with Crippen LogP contribution in [0.1, 0.15) is 40.1 Å². The molecule has 1 atom stereocenters. The average molecular weight is 542 g/mol. The summed E-state index contributed by atoms with van der Waals surface area (Å²) in [5.41, 5.74) is -0.915. The van der Waals surface area contributed by atoms with Crippen molar-refractivity contribution in [1.29, 1.82) is 0 Å². The van der Waals surface area contributed by atoms with E-state index in [9.17, 15) is 42.6 Å². The van der Waals surface area contributed by atoms with Gasteiger partial charge in [0.1, 0.15) is 16.7 Å². The SMILES string of the molecule is O=C(NCC(NC(=O)c1sc(C(=O)NCc2cccc(O)c2)cc1C(F)(F)F)C(=O)O)c1cccs1. The first-order chi connectivity index (χ1) is 17.0. The van der Waals surface area contributed by atoms with E-state index in [4.69, 9.17) is 0 Å². The van der Waals surface area contributed by atoms with Crippen molar-refractivity contribution in [2.24, 2.45) is 0 Å². The van der Waals surface area contributed by atoms with E-state index in [1.54, 1.807) is 17.5 Å². The lowest BCUT2D eigenvalue weighted by molar-refractivity contribution is -0.139. The number of rotatable bonds is 9. The fourth-order valence-corrected chi connectivity index (χ4v) is 4.57. The Labute approximate surface area is 209 Å². The molecular formula is C22H18F3N3O6S2. The molecular weight excluding hydrogens is 523 g/mol. The molecule has 0 aliphatic rings. The second-order valence-corrected chi connectivity index (χ2v) is 9.26. The number of thiophene rings is 2. The van der Waals surface area contributed by atoms with Gasteiger partial charge in [0.05, 0.1) is 15.3 Å². The van der Waals surface area contributed by atoms with Crippen molar-refractivity contribution in [3.63, 3.8) is 0 Å². The van der Waals surface area contributed by atoms with Crippen molar-refractivity contribution in [1.82, 2.24) is 16.0 Å². The van der Waals surface area contributed by atoms with Gasteiger partial charge in [-0.15, -0.1) is 22.7 Å². The van der Waals surface area contributed by atoms with Crippen LogP contribution in [0.3, 0.4) is 0 Å². The fourth-order valence-electron chi connectivity index (χ4n) is 2.93. The minimum Gasteiger partial charge on any atom is -0.508 e. The Morgan fingerprint density at radius 1 is 0.944 bits per heavy atom. The molecule has 2 heterocycles. The zero-order chi connectivity index (χ0) is 26.5. The first kappa shape index (κ1) is 26.7. The number of aromatic hydroxyl groups is 1. The third-order valence-electron chi connectivity index (χ3n) is 4.65. The summed E-state index contributed by atoms with van der Waals surface area (Å²) in [6.45, 7) is -0.680. The van der Waals surface area contributed by atoms with Crippen LogP contribution in [0.4, 0.5) is 13.2 Å². The minimum atomic E-state index is -5.00. The summed E-state index contributed by atoms with van der Waals surface area (Å²) in [5, 5.41) is 27.1. The average Bonchev–Trinajstić information content (AvgIpc) is 3.50. The Kier molecular flexibility index (Phi) is 8.32. The van der Waals surface area contributed by atoms with Crippen molar-refractivity contribution in [2.45, 2.75) is 18.8 Å². The third kappa shape index (κ3) is 6.82. The molecule has 5 N–H and O–H groups in total. The number of hydrogen-bond acceptors (Lipinski definition) is 7. The number of carboxylic acid groups (broad SMARTS) is 1. The first-order valence-electron chi connectivity index (χ1n) is 10.1. The van der Waals surface area contributed by atoms with E-state index in [1.807, 2.05) is 5.32 Å². The van der Waals surface area contributed by atoms with Crippen LogP contribution in [-0.2, 0) is 17.5 Å². The third-order valence-corrected chi connectivity index (χ3v) is 6.65. The predicted molar refractivity (Wildman–Crippen MR) is 124 cm³/mol. The Balaban J connectivity index is 1.74. The Hall–Kier alpha value is -3.91. The number of carboxylic acids is 1. The lowest BCUT2D eigenvalue weighted by atomic mass is 10.2. The maximum atomic E-state index is 13.6. The first-order valence-corrected chi connectivity index (χ1v) is 11.8. The number of phenols is 1. The predicted octanol–water partition coefficient (Wildman–Crippen LogP) is 3.08. The topological polar surface area (TPSA) is 145 Å². The van der Waals surface area contributed by atoms with Crippen LogP contribution >= 0.6 is 22.7 Å². The second kappa shape index (κ2) is 11.2. The van der Waals surface area contributed by atoms with Crippen LogP contribution in [0.15, 0.2) is 47.8 Å². The largest absolute Gasteiger partial charge is 0.508 e. The lowest BCUT2D eigenvalue weighted by Crippen LogP contribution is -2.48. The second-order valence-electron chi connectivity index (χ2n) is 7.26. The number of benzene rings is 1. The van der Waals surface area contributed by atoms with Gasteiger partial charge < -0.3 is 26.2 Å². The molecule has 0 bridgehead atoms. The van der Waals surface area contributed by atoms with E-state index in [0.29, 0.717) is 11.6 Å². The van der Waals surface area contributed by atoms with Gasteiger partial charge in [0.25, 0.3) is 17.7 Å². The van der Waals surface area contributed by atoms with Gasteiger partial charge in [0.2, 0.25) is 0 Å². The zero-order valence-electron chi connectivity index (χ0n) is 18.1. The number of hydrogen-bond donors (Lipinski definition) is 5. The summed E-state index contributed by atoms with van der Waals surface area (Å²) in [6.07, 6.45) is -5.00. The van der Waals surface area contributed by atoms with E-state index >= 15 is 0 Å². The molecule has 0 saturated carbocycles. The molecule has 2 aromatic heterocycles. The highest BCUT2D eigenvalue weighted by Crippen LogP contribution is 2.37. The highest BCUT2D eigenvalue weighted by atomic mass is 32.1. The molecule has 0 spiro atoms. The standard InChI is InChI=1S/C22H18F3N3O6S2/c23-22(24,25)13-8-16(19(31)26-9-11-3-1-4-12(29)7-11)36-17(13)20(32)28-14(21(33)34)10-27-18(30)15-5-2-6-35-15/h1-8,14,29H,9-10H2,(H,26,31)(H,27,30)(H,28,32)(H,33,34). The number of carbonyl (C=O) groups excluding carboxylic acids is 3. The molecule has 1 aromatic carbocycles. The van der Waals surface area contributed by atoms with Gasteiger partial charge in [-0.05, 0) is 35.2 Å². The van der Waals surface area contributed by atoms with Crippen molar-refractivity contribution in [2.75, 3.05) is 6.54 Å². The van der Waals surface area contributed by atoms with Crippen LogP contribution < -0.4 is 16.0 Å². The van der Waals surface area contributed by atoms with E-state index in [1.165, 1.54) is 24.3 Å². The molecule has 0 fully saturated rings. The van der Waals surface area contributed by atoms with Crippen LogP contribution in [0.2, 0.25) is 0 Å². The van der Waals surface area contributed by atoms with E-state index in [-0.39, 0.29) is 28.5 Å². The zero-order valence-corrected chi connectivity index (χ0v) is 19.7. The molecule has 3 amide bonds. The molecule has 0 radical (unpaired) electrons. The van der Waals surface area contributed by atoms with Gasteiger partial charge >= 0.3 is 12.1 Å². The molecule has 0 aliphatic heterocycles. The number of aliphatic carboxylic acids is 1. The normalized spacial score (nSPS) is 12.0. The molecule has 3 rings (SSSR count). The number of halogens is 3. The Bertz CT molecular complexity index is 1270. The maximum Gasteiger partial charge on any atom is 0.418 e. The smallest absolute Gasteiger partial charge is 0.418 e. The van der Waals surface area contributed by atoms with Crippen LogP contribution in [0.5, 0.6) is 5.75 Å². The maximum absolute atomic E-state index is 13.6. The van der Waals surface area contributed by atoms with E-state index in [2.05, 4.69) is 10.6 Å². The highest BCUT2D eigenvalue weighted by molar-refractivity contribution is 7.16. The van der Waals surface area contributed by atoms with E-state index in [0.717, 1.165) is 11.3 Å². The molecule has 1 unspecified atom stereocenters. The number of alkyl halides is 3. The number of nitrogens with one attached hydrogen (secondary N) is 3. The van der Waals surface area contributed by atoms with Gasteiger partial charge in [0, 0.05) is 13.1 Å². The number of phenolic OH excluding ortho intramolecular Hbond substituents is 1. The molecule has 0 aliphatic carbocycles. The van der Waals surface area contributed by atoms with Crippen molar-refractivity contribution in [3.05, 3.63) is 73.6 Å². The summed E-state index contributed by atoms with van der Waals surface area (Å²) < 4.78 is 40.7. The van der Waals surface area contributed by atoms with Gasteiger partial charge in [-0.2, -0.15) is 13.2 Å². The summed E-state index contributed by atoms with van der Waals surface area (Å²) in [7, 11) is 0. The molecule has 9 nitrogen and oxygen atoms in total. The number of amides is 3. The summed E-state index contributed by atoms with van der Waals surface area (Å²) in [6, 6.07) is 7.73. The molecule has 3 aromatic rings. The molecule has 36 heavy (non-hydrogen) atoms. The lowest BCUT2D eigenvalue weighted by Gasteiger charge is -2.15. The minimum absolute atomic E-state index is 0.0595. The monoisotopic (exact) mass is 541 g/mol. The number of carbonyl (C=O) groups is 4. The summed E-state index contributed by atoms with van der Waals surface area (Å²) in [4.78, 5) is 47.6. The van der Waals surface area contributed by atoms with Crippen LogP contribution in [0.25, 0.3) is 0 Å². The summed E-state index contributed by atoms with van der Waals surface area (Å²) in [5.74, 6) is -4.51. The highest BCUT2D eigenvalue weighted by Gasteiger charge is 2.39. The van der Waals surface area contributed by atoms with Gasteiger partial charge in [0.15, 0.2) is 0 Å². The molecule has 14 heteroatoms. The van der Waals surface area contributed by atoms with Crippen molar-refractivity contribution >= 4 is 46.4 Å². The quantitative estimate of drug-likeness (QED) is 0.282. The molecule has 190 valence electrons. The van der Waals surface area contributed by atoms with Gasteiger partial charge in [-0.1, -0.05) is 18.2 Å². The van der Waals surface area contributed by atoms with Gasteiger partial charge in [-0.3, -0.25) is 14.4 Å². The van der Waals surface area contributed by atoms with Crippen LogP contribution in [-0.4, -0.2) is 46.5 Å². The van der Waals surface area contributed by atoms with Gasteiger partial charge in [-0.25, -0.2) is 4.79 Å². The van der Waals surface area contributed by atoms with Crippen molar-refractivity contribution < 1.29 is 42.6 Å². The summed E-state index contributed by atoms with van der Waals surface area (Å²) >= 11 is 1.34. The Morgan fingerprint density at radius 2 is 1.67 bits per heavy atom. The van der Waals surface area contributed by atoms with Crippen molar-refractivity contribution in [3.8, 4) is 5.75 Å². The fraction of sp³-hybridized carbons (Fsp3) is 0.182. The van der Waals surface area contributed by atoms with E-state index < -0.39 is 57.8 Å². The Morgan fingerprint density at radius 3 is 2.28 bits per heavy atom. The molecule has 0 saturated heterocycles.